The summed E-state index contributed by atoms with van der Waals surface area (Å²) in [5.74, 6) is -0.297. The molecule has 114 valence electrons. The largest absolute Gasteiger partial charge is 0.456 e. The molecular weight excluding hydrogens is 272 g/mol. The minimum Gasteiger partial charge on any atom is -0.456 e. The fourth-order valence-corrected chi connectivity index (χ4v) is 2.18. The molecule has 0 spiro atoms. The van der Waals surface area contributed by atoms with E-state index in [1.165, 1.54) is 5.56 Å². The second kappa shape index (κ2) is 6.18. The number of carbonyl (C=O) groups excluding carboxylic acids is 1. The third kappa shape index (κ3) is 3.85. The lowest BCUT2D eigenvalue weighted by molar-refractivity contribution is 0.00696. The summed E-state index contributed by atoms with van der Waals surface area (Å²) >= 11 is 0. The molecule has 0 atom stereocenters. The zero-order chi connectivity index (χ0) is 16.3. The minimum absolute atomic E-state index is 0.297. The average molecular weight is 294 g/mol. The van der Waals surface area contributed by atoms with Gasteiger partial charge in [-0.25, -0.2) is 4.79 Å². The van der Waals surface area contributed by atoms with Gasteiger partial charge in [-0.2, -0.15) is 0 Å². The van der Waals surface area contributed by atoms with Crippen LogP contribution in [-0.2, 0) is 4.74 Å². The first kappa shape index (κ1) is 16.0. The van der Waals surface area contributed by atoms with Gasteiger partial charge in [0.2, 0.25) is 0 Å². The van der Waals surface area contributed by atoms with Crippen LogP contribution in [-0.4, -0.2) is 11.6 Å². The third-order valence-electron chi connectivity index (χ3n) is 3.35. The van der Waals surface area contributed by atoms with Crippen molar-refractivity contribution in [2.24, 2.45) is 0 Å². The maximum absolute atomic E-state index is 12.0. The number of esters is 1. The Labute approximate surface area is 132 Å². The molecule has 0 aromatic heterocycles. The first-order valence-corrected chi connectivity index (χ1v) is 7.37. The fraction of sp³-hybridized carbons (Fsp3) is 0.250. The van der Waals surface area contributed by atoms with Crippen LogP contribution in [0.25, 0.3) is 17.2 Å². The molecule has 2 nitrogen and oxygen atoms in total. The summed E-state index contributed by atoms with van der Waals surface area (Å²) in [7, 11) is 0. The van der Waals surface area contributed by atoms with Crippen molar-refractivity contribution in [3.8, 4) is 11.1 Å². The number of aryl methyl sites for hydroxylation is 1. The maximum atomic E-state index is 12.0. The highest BCUT2D eigenvalue weighted by Gasteiger charge is 2.17. The number of benzene rings is 2. The van der Waals surface area contributed by atoms with Crippen LogP contribution >= 0.6 is 0 Å². The summed E-state index contributed by atoms with van der Waals surface area (Å²) in [4.78, 5) is 12.0. The normalized spacial score (nSPS) is 11.1. The summed E-state index contributed by atoms with van der Waals surface area (Å²) in [5.41, 5.74) is 4.57. The van der Waals surface area contributed by atoms with Crippen LogP contribution < -0.4 is 0 Å². The van der Waals surface area contributed by atoms with Crippen molar-refractivity contribution < 1.29 is 9.53 Å². The van der Waals surface area contributed by atoms with Crippen LogP contribution in [0.4, 0.5) is 0 Å². The Morgan fingerprint density at radius 1 is 1.05 bits per heavy atom. The molecule has 0 N–H and O–H groups in total. The number of rotatable bonds is 3. The van der Waals surface area contributed by atoms with Gasteiger partial charge < -0.3 is 4.74 Å². The summed E-state index contributed by atoms with van der Waals surface area (Å²) < 4.78 is 5.37. The van der Waals surface area contributed by atoms with Crippen molar-refractivity contribution in [1.29, 1.82) is 0 Å². The average Bonchev–Trinajstić information content (AvgIpc) is 2.46. The van der Waals surface area contributed by atoms with Crippen LogP contribution in [0.3, 0.4) is 0 Å². The second-order valence-corrected chi connectivity index (χ2v) is 6.35. The van der Waals surface area contributed by atoms with Gasteiger partial charge in [-0.1, -0.05) is 36.9 Å². The Bertz CT molecular complexity index is 689. The van der Waals surface area contributed by atoms with Crippen LogP contribution in [0.2, 0.25) is 0 Å². The van der Waals surface area contributed by atoms with E-state index in [1.807, 2.05) is 39.0 Å². The predicted molar refractivity (Wildman–Crippen MR) is 91.9 cm³/mol. The minimum atomic E-state index is -0.481. The fourth-order valence-electron chi connectivity index (χ4n) is 2.18. The Morgan fingerprint density at radius 2 is 1.64 bits per heavy atom. The van der Waals surface area contributed by atoms with Crippen LogP contribution in [0.15, 0.2) is 49.0 Å². The van der Waals surface area contributed by atoms with Crippen molar-refractivity contribution in [3.63, 3.8) is 0 Å². The van der Waals surface area contributed by atoms with E-state index in [9.17, 15) is 4.79 Å². The lowest BCUT2D eigenvalue weighted by Gasteiger charge is -2.19. The lowest BCUT2D eigenvalue weighted by Crippen LogP contribution is -2.23. The monoisotopic (exact) mass is 294 g/mol. The molecule has 2 aromatic carbocycles. The van der Waals surface area contributed by atoms with Crippen LogP contribution in [0.1, 0.15) is 42.3 Å². The summed E-state index contributed by atoms with van der Waals surface area (Å²) in [6, 6.07) is 13.7. The van der Waals surface area contributed by atoms with Crippen molar-refractivity contribution in [3.05, 3.63) is 65.7 Å². The second-order valence-electron chi connectivity index (χ2n) is 6.35. The number of hydrogen-bond donors (Lipinski definition) is 0. The molecule has 2 heteroatoms. The van der Waals surface area contributed by atoms with Gasteiger partial charge >= 0.3 is 5.97 Å². The molecule has 22 heavy (non-hydrogen) atoms. The van der Waals surface area contributed by atoms with E-state index in [0.717, 1.165) is 16.7 Å². The highest BCUT2D eigenvalue weighted by Crippen LogP contribution is 2.24. The number of carbonyl (C=O) groups is 1. The van der Waals surface area contributed by atoms with Gasteiger partial charge in [0.15, 0.2) is 0 Å². The van der Waals surface area contributed by atoms with Gasteiger partial charge in [-0.3, -0.25) is 0 Å². The molecule has 0 saturated carbocycles. The molecule has 0 bridgehead atoms. The van der Waals surface area contributed by atoms with Gasteiger partial charge in [0.05, 0.1) is 5.56 Å². The molecule has 0 heterocycles. The molecule has 2 rings (SSSR count). The first-order chi connectivity index (χ1) is 10.3. The molecule has 0 aliphatic carbocycles. The van der Waals surface area contributed by atoms with Crippen molar-refractivity contribution >= 4 is 12.0 Å². The topological polar surface area (TPSA) is 26.3 Å². The molecule has 0 amide bonds. The maximum Gasteiger partial charge on any atom is 0.338 e. The summed E-state index contributed by atoms with van der Waals surface area (Å²) in [6.07, 6.45) is 1.86. The third-order valence-corrected chi connectivity index (χ3v) is 3.35. The molecular formula is C20H22O2. The molecule has 0 fully saturated rings. The Morgan fingerprint density at radius 3 is 2.18 bits per heavy atom. The van der Waals surface area contributed by atoms with Crippen molar-refractivity contribution in [2.45, 2.75) is 33.3 Å². The molecule has 0 aliphatic rings. The Hall–Kier alpha value is -2.35. The Kier molecular flexibility index (Phi) is 4.51. The van der Waals surface area contributed by atoms with Gasteiger partial charge in [0.1, 0.15) is 5.60 Å². The highest BCUT2D eigenvalue weighted by molar-refractivity contribution is 5.90. The molecule has 0 radical (unpaired) electrons. The highest BCUT2D eigenvalue weighted by atomic mass is 16.6. The van der Waals surface area contributed by atoms with E-state index in [4.69, 9.17) is 4.74 Å². The summed E-state index contributed by atoms with van der Waals surface area (Å²) in [5, 5.41) is 0. The zero-order valence-electron chi connectivity index (χ0n) is 13.6. The molecule has 0 unspecified atom stereocenters. The van der Waals surface area contributed by atoms with E-state index in [2.05, 4.69) is 31.7 Å². The zero-order valence-corrected chi connectivity index (χ0v) is 13.6. The SMILES string of the molecule is C=Cc1cc(-c2ccc(C(=O)OC(C)(C)C)cc2)ccc1C. The standard InChI is InChI=1S/C20H22O2/c1-6-15-13-18(8-7-14(15)2)16-9-11-17(12-10-16)19(21)22-20(3,4)5/h6-13H,1H2,2-5H3. The number of ether oxygens (including phenoxy) is 1. The first-order valence-electron chi connectivity index (χ1n) is 7.37. The van der Waals surface area contributed by atoms with E-state index in [1.54, 1.807) is 12.1 Å². The van der Waals surface area contributed by atoms with Crippen molar-refractivity contribution in [1.82, 2.24) is 0 Å². The Balaban J connectivity index is 2.25. The van der Waals surface area contributed by atoms with E-state index >= 15 is 0 Å². The van der Waals surface area contributed by atoms with Gasteiger partial charge in [-0.15, -0.1) is 0 Å². The lowest BCUT2D eigenvalue weighted by atomic mass is 9.99. The smallest absolute Gasteiger partial charge is 0.338 e. The van der Waals surface area contributed by atoms with E-state index in [-0.39, 0.29) is 5.97 Å². The van der Waals surface area contributed by atoms with E-state index < -0.39 is 5.60 Å². The van der Waals surface area contributed by atoms with Crippen LogP contribution in [0.5, 0.6) is 0 Å². The van der Waals surface area contributed by atoms with Crippen molar-refractivity contribution in [2.75, 3.05) is 0 Å². The van der Waals surface area contributed by atoms with Gasteiger partial charge in [0.25, 0.3) is 0 Å². The molecule has 2 aromatic rings. The predicted octanol–water partition coefficient (Wildman–Crippen LogP) is 5.26. The van der Waals surface area contributed by atoms with E-state index in [0.29, 0.717) is 5.56 Å². The number of hydrogen-bond acceptors (Lipinski definition) is 2. The quantitative estimate of drug-likeness (QED) is 0.722. The van der Waals surface area contributed by atoms with Gasteiger partial charge in [-0.05, 0) is 68.1 Å². The van der Waals surface area contributed by atoms with Gasteiger partial charge in [0, 0.05) is 0 Å². The molecule has 0 aliphatic heterocycles. The van der Waals surface area contributed by atoms with Crippen LogP contribution in [0, 0.1) is 6.92 Å². The summed E-state index contributed by atoms with van der Waals surface area (Å²) in [6.45, 7) is 11.5. The molecule has 0 saturated heterocycles.